The van der Waals surface area contributed by atoms with Gasteiger partial charge in [-0.1, -0.05) is 0 Å². The highest BCUT2D eigenvalue weighted by Gasteiger charge is 2.27. The summed E-state index contributed by atoms with van der Waals surface area (Å²) in [5, 5.41) is 10.1. The van der Waals surface area contributed by atoms with Crippen molar-refractivity contribution >= 4 is 5.91 Å². The van der Waals surface area contributed by atoms with Gasteiger partial charge >= 0.3 is 0 Å². The Hall–Kier alpha value is -0.650. The third kappa shape index (κ3) is 4.44. The van der Waals surface area contributed by atoms with Gasteiger partial charge in [-0.2, -0.15) is 0 Å². The summed E-state index contributed by atoms with van der Waals surface area (Å²) in [4.78, 5) is 18.7. The van der Waals surface area contributed by atoms with Crippen molar-refractivity contribution in [1.82, 2.24) is 14.7 Å². The quantitative estimate of drug-likeness (QED) is 0.766. The van der Waals surface area contributed by atoms with Gasteiger partial charge < -0.3 is 14.9 Å². The lowest BCUT2D eigenvalue weighted by molar-refractivity contribution is -0.134. The van der Waals surface area contributed by atoms with Gasteiger partial charge in [0.25, 0.3) is 0 Å². The second-order valence-electron chi connectivity index (χ2n) is 6.31. The Morgan fingerprint density at radius 1 is 1.11 bits per heavy atom. The fourth-order valence-electron chi connectivity index (χ4n) is 2.82. The molecule has 0 radical (unpaired) electrons. The van der Waals surface area contributed by atoms with Gasteiger partial charge in [0.05, 0.1) is 12.1 Å². The first-order valence-electron chi connectivity index (χ1n) is 7.37. The Bertz CT molecular complexity index is 312. The number of carbonyl (C=O) groups is 1. The normalized spacial score (nSPS) is 31.2. The maximum atomic E-state index is 12.2. The third-order valence-electron chi connectivity index (χ3n) is 4.37. The summed E-state index contributed by atoms with van der Waals surface area (Å²) in [7, 11) is 2.10. The van der Waals surface area contributed by atoms with E-state index in [1.54, 1.807) is 0 Å². The number of piperazine rings is 1. The Morgan fingerprint density at radius 2 is 1.79 bits per heavy atom. The molecule has 0 aliphatic carbocycles. The second kappa shape index (κ2) is 6.20. The van der Waals surface area contributed by atoms with Crippen LogP contribution < -0.4 is 0 Å². The highest BCUT2D eigenvalue weighted by Crippen LogP contribution is 2.21. The Labute approximate surface area is 116 Å². The molecule has 1 amide bonds. The largest absolute Gasteiger partial charge is 0.390 e. The van der Waals surface area contributed by atoms with Crippen LogP contribution in [0.15, 0.2) is 0 Å². The van der Waals surface area contributed by atoms with Crippen molar-refractivity contribution < 1.29 is 9.90 Å². The second-order valence-corrected chi connectivity index (χ2v) is 6.31. The smallest absolute Gasteiger partial charge is 0.236 e. The Morgan fingerprint density at radius 3 is 2.47 bits per heavy atom. The standard InChI is InChI=1S/C14H27N3O2/c1-14(19)4-3-6-16(7-5-14)12-13(18)17-10-8-15(2)9-11-17/h19H,3-12H2,1-2H3. The van der Waals surface area contributed by atoms with E-state index in [2.05, 4.69) is 16.8 Å². The molecular formula is C14H27N3O2. The lowest BCUT2D eigenvalue weighted by atomic mass is 9.98. The van der Waals surface area contributed by atoms with Gasteiger partial charge in [-0.05, 0) is 39.8 Å². The molecular weight excluding hydrogens is 242 g/mol. The molecule has 1 N–H and O–H groups in total. The fraction of sp³-hybridized carbons (Fsp3) is 0.929. The lowest BCUT2D eigenvalue weighted by Crippen LogP contribution is -2.50. The summed E-state index contributed by atoms with van der Waals surface area (Å²) in [6.07, 6.45) is 2.58. The number of hydrogen-bond acceptors (Lipinski definition) is 4. The van der Waals surface area contributed by atoms with E-state index in [9.17, 15) is 9.90 Å². The van der Waals surface area contributed by atoms with Crippen LogP contribution in [-0.2, 0) is 4.79 Å². The fourth-order valence-corrected chi connectivity index (χ4v) is 2.82. The van der Waals surface area contributed by atoms with E-state index in [0.29, 0.717) is 6.54 Å². The molecule has 2 fully saturated rings. The van der Waals surface area contributed by atoms with Gasteiger partial charge in [-0.25, -0.2) is 0 Å². The highest BCUT2D eigenvalue weighted by molar-refractivity contribution is 5.78. The average molecular weight is 269 g/mol. The number of nitrogens with zero attached hydrogens (tertiary/aromatic N) is 3. The topological polar surface area (TPSA) is 47.0 Å². The van der Waals surface area contributed by atoms with Crippen molar-refractivity contribution in [3.8, 4) is 0 Å². The van der Waals surface area contributed by atoms with Gasteiger partial charge in [0, 0.05) is 32.7 Å². The van der Waals surface area contributed by atoms with E-state index < -0.39 is 5.60 Å². The van der Waals surface area contributed by atoms with Crippen molar-refractivity contribution in [2.45, 2.75) is 31.8 Å². The van der Waals surface area contributed by atoms with Crippen LogP contribution in [0.4, 0.5) is 0 Å². The van der Waals surface area contributed by atoms with Crippen LogP contribution in [0.2, 0.25) is 0 Å². The summed E-state index contributed by atoms with van der Waals surface area (Å²) >= 11 is 0. The number of amides is 1. The van der Waals surface area contributed by atoms with Gasteiger partial charge in [-0.3, -0.25) is 9.69 Å². The number of hydrogen-bond donors (Lipinski definition) is 1. The van der Waals surface area contributed by atoms with E-state index >= 15 is 0 Å². The molecule has 0 aromatic carbocycles. The zero-order chi connectivity index (χ0) is 13.9. The van der Waals surface area contributed by atoms with E-state index in [0.717, 1.165) is 58.5 Å². The zero-order valence-corrected chi connectivity index (χ0v) is 12.3. The molecule has 0 spiro atoms. The van der Waals surface area contributed by atoms with Gasteiger partial charge in [0.1, 0.15) is 0 Å². The Balaban J connectivity index is 1.79. The molecule has 19 heavy (non-hydrogen) atoms. The van der Waals surface area contributed by atoms with Crippen molar-refractivity contribution in [2.24, 2.45) is 0 Å². The van der Waals surface area contributed by atoms with Crippen LogP contribution in [-0.4, -0.2) is 84.2 Å². The van der Waals surface area contributed by atoms with Gasteiger partial charge in [0.15, 0.2) is 0 Å². The first-order chi connectivity index (χ1) is 8.96. The van der Waals surface area contributed by atoms with Crippen LogP contribution in [0.25, 0.3) is 0 Å². The van der Waals surface area contributed by atoms with Gasteiger partial charge in [-0.15, -0.1) is 0 Å². The maximum Gasteiger partial charge on any atom is 0.236 e. The summed E-state index contributed by atoms with van der Waals surface area (Å²) in [5.41, 5.74) is -0.550. The Kier molecular flexibility index (Phi) is 4.81. The first-order valence-corrected chi connectivity index (χ1v) is 7.37. The molecule has 0 saturated carbocycles. The van der Waals surface area contributed by atoms with Crippen LogP contribution in [0, 0.1) is 0 Å². The van der Waals surface area contributed by atoms with Crippen LogP contribution in [0.5, 0.6) is 0 Å². The molecule has 5 nitrogen and oxygen atoms in total. The van der Waals surface area contributed by atoms with Crippen molar-refractivity contribution in [1.29, 1.82) is 0 Å². The van der Waals surface area contributed by atoms with E-state index in [1.165, 1.54) is 0 Å². The van der Waals surface area contributed by atoms with E-state index in [4.69, 9.17) is 0 Å². The number of likely N-dealkylation sites (N-methyl/N-ethyl adjacent to an activating group) is 1. The molecule has 110 valence electrons. The minimum Gasteiger partial charge on any atom is -0.390 e. The summed E-state index contributed by atoms with van der Waals surface area (Å²) in [5.74, 6) is 0.245. The third-order valence-corrected chi connectivity index (χ3v) is 4.37. The molecule has 0 bridgehead atoms. The maximum absolute atomic E-state index is 12.2. The molecule has 5 heteroatoms. The SMILES string of the molecule is CN1CCN(C(=O)CN2CCCC(C)(O)CC2)CC1. The predicted molar refractivity (Wildman–Crippen MR) is 75.0 cm³/mol. The van der Waals surface area contributed by atoms with Crippen molar-refractivity contribution in [3.63, 3.8) is 0 Å². The number of rotatable bonds is 2. The molecule has 2 heterocycles. The van der Waals surface area contributed by atoms with E-state index in [-0.39, 0.29) is 5.91 Å². The minimum absolute atomic E-state index is 0.245. The monoisotopic (exact) mass is 269 g/mol. The molecule has 0 aromatic heterocycles. The molecule has 2 rings (SSSR count). The lowest BCUT2D eigenvalue weighted by Gasteiger charge is -2.33. The molecule has 1 unspecified atom stereocenters. The first kappa shape index (κ1) is 14.8. The van der Waals surface area contributed by atoms with Crippen LogP contribution >= 0.6 is 0 Å². The van der Waals surface area contributed by atoms with Crippen LogP contribution in [0.1, 0.15) is 26.2 Å². The van der Waals surface area contributed by atoms with Crippen LogP contribution in [0.3, 0.4) is 0 Å². The molecule has 2 aliphatic heterocycles. The zero-order valence-electron chi connectivity index (χ0n) is 12.3. The molecule has 1 atom stereocenters. The number of carbonyl (C=O) groups excluding carboxylic acids is 1. The molecule has 0 aromatic rings. The van der Waals surface area contributed by atoms with Crippen molar-refractivity contribution in [2.75, 3.05) is 52.9 Å². The molecule has 2 aliphatic rings. The average Bonchev–Trinajstić information content (AvgIpc) is 2.52. The number of aliphatic hydroxyl groups is 1. The van der Waals surface area contributed by atoms with E-state index in [1.807, 2.05) is 11.8 Å². The molecule has 2 saturated heterocycles. The van der Waals surface area contributed by atoms with Crippen molar-refractivity contribution in [3.05, 3.63) is 0 Å². The predicted octanol–water partition coefficient (Wildman–Crippen LogP) is -0.00270. The summed E-state index contributed by atoms with van der Waals surface area (Å²) in [6, 6.07) is 0. The number of likely N-dealkylation sites (tertiary alicyclic amines) is 1. The highest BCUT2D eigenvalue weighted by atomic mass is 16.3. The summed E-state index contributed by atoms with van der Waals surface area (Å²) in [6.45, 7) is 7.81. The summed E-state index contributed by atoms with van der Waals surface area (Å²) < 4.78 is 0. The minimum atomic E-state index is -0.550. The van der Waals surface area contributed by atoms with Gasteiger partial charge in [0.2, 0.25) is 5.91 Å².